The van der Waals surface area contributed by atoms with Gasteiger partial charge in [-0.3, -0.25) is 48.4 Å². The molecule has 2 aliphatic heterocycles. The van der Waals surface area contributed by atoms with Gasteiger partial charge in [0.15, 0.2) is 0 Å². The van der Waals surface area contributed by atoms with Crippen LogP contribution in [0.5, 0.6) is 0 Å². The fourth-order valence-corrected chi connectivity index (χ4v) is 7.18. The van der Waals surface area contributed by atoms with Gasteiger partial charge >= 0.3 is 17.9 Å². The standard InChI is InChI=1S/C39H52N10O9/c1-28(50)40-13-11-34(52)48-23-29-7-2-3-8-30(29)39-38(31-9-4-5-10-32(31)48)42-43-49(39)14-6-12-41-33(51)24-44-15-17-45(25-35(53)54)19-21-47(27-37(57)58)22-20-46(18-16-44)26-36(55)56/h2-5,7-10H,6,11-27H2,1H3,(H,40,50)(H,41,51)(H,53,54)(H,55,56)(H,57,58). The second-order valence-corrected chi connectivity index (χ2v) is 14.4. The topological polar surface area (TPSA) is 234 Å². The number of carboxylic acids is 3. The summed E-state index contributed by atoms with van der Waals surface area (Å²) in [5, 5.41) is 43.2. The number of aromatic nitrogens is 3. The van der Waals surface area contributed by atoms with Crippen LogP contribution in [0.25, 0.3) is 22.5 Å². The zero-order chi connectivity index (χ0) is 41.6. The maximum atomic E-state index is 13.6. The summed E-state index contributed by atoms with van der Waals surface area (Å²) < 4.78 is 1.81. The molecule has 0 spiro atoms. The van der Waals surface area contributed by atoms with Gasteiger partial charge in [-0.05, 0) is 18.1 Å². The maximum Gasteiger partial charge on any atom is 0.317 e. The van der Waals surface area contributed by atoms with Crippen molar-refractivity contribution in [3.05, 3.63) is 54.1 Å². The van der Waals surface area contributed by atoms with Crippen LogP contribution in [0, 0.1) is 0 Å². The minimum atomic E-state index is -1.03. The molecule has 5 rings (SSSR count). The van der Waals surface area contributed by atoms with Crippen molar-refractivity contribution in [2.45, 2.75) is 32.9 Å². The van der Waals surface area contributed by atoms with Gasteiger partial charge in [-0.2, -0.15) is 0 Å². The van der Waals surface area contributed by atoms with Crippen LogP contribution in [0.2, 0.25) is 0 Å². The van der Waals surface area contributed by atoms with Crippen molar-refractivity contribution >= 4 is 41.3 Å². The predicted octanol–water partition coefficient (Wildman–Crippen LogP) is -0.0334. The van der Waals surface area contributed by atoms with E-state index in [2.05, 4.69) is 20.9 Å². The van der Waals surface area contributed by atoms with Crippen molar-refractivity contribution in [3.8, 4) is 22.5 Å². The molecule has 5 N–H and O–H groups in total. The predicted molar refractivity (Wildman–Crippen MR) is 212 cm³/mol. The Morgan fingerprint density at radius 1 is 0.655 bits per heavy atom. The molecule has 0 unspecified atom stereocenters. The summed E-state index contributed by atoms with van der Waals surface area (Å²) in [5.41, 5.74) is 4.61. The number of aliphatic carboxylic acids is 3. The zero-order valence-corrected chi connectivity index (χ0v) is 32.7. The molecule has 2 aromatic carbocycles. The number of hydrogen-bond acceptors (Lipinski definition) is 12. The van der Waals surface area contributed by atoms with E-state index >= 15 is 0 Å². The van der Waals surface area contributed by atoms with Gasteiger partial charge < -0.3 is 30.9 Å². The molecule has 1 aromatic heterocycles. The molecule has 0 aliphatic carbocycles. The first-order valence-electron chi connectivity index (χ1n) is 19.4. The SMILES string of the molecule is CC(=O)NCCC(=O)N1Cc2ccccc2-c2c(nnn2CCCNC(=O)CN2CCN(CC(=O)O)CCN(CC(=O)O)CCN(CC(=O)O)CC2)-c2ccccc21. The number of hydrogen-bond donors (Lipinski definition) is 5. The van der Waals surface area contributed by atoms with Gasteiger partial charge in [0, 0.05) is 96.5 Å². The number of carbonyl (C=O) groups is 6. The van der Waals surface area contributed by atoms with Crippen LogP contribution in [0.3, 0.4) is 0 Å². The quantitative estimate of drug-likeness (QED) is 0.127. The highest BCUT2D eigenvalue weighted by Crippen LogP contribution is 2.41. The number of benzene rings is 2. The van der Waals surface area contributed by atoms with Crippen LogP contribution < -0.4 is 15.5 Å². The molecule has 1 fully saturated rings. The first-order chi connectivity index (χ1) is 27.9. The van der Waals surface area contributed by atoms with Crippen LogP contribution in [0.4, 0.5) is 5.69 Å². The van der Waals surface area contributed by atoms with E-state index in [0.29, 0.717) is 63.6 Å². The summed E-state index contributed by atoms with van der Waals surface area (Å²) >= 11 is 0. The molecule has 1 saturated heterocycles. The third-order valence-corrected chi connectivity index (χ3v) is 10.0. The van der Waals surface area contributed by atoms with Gasteiger partial charge in [0.1, 0.15) is 5.69 Å². The van der Waals surface area contributed by atoms with Gasteiger partial charge in [-0.25, -0.2) is 4.68 Å². The van der Waals surface area contributed by atoms with Crippen LogP contribution in [0.15, 0.2) is 48.5 Å². The largest absolute Gasteiger partial charge is 0.480 e. The smallest absolute Gasteiger partial charge is 0.317 e. The molecular weight excluding hydrogens is 752 g/mol. The van der Waals surface area contributed by atoms with Crippen molar-refractivity contribution in [2.75, 3.05) is 96.5 Å². The van der Waals surface area contributed by atoms with E-state index in [-0.39, 0.29) is 83.0 Å². The average Bonchev–Trinajstić information content (AvgIpc) is 3.58. The van der Waals surface area contributed by atoms with E-state index in [1.807, 2.05) is 58.1 Å². The van der Waals surface area contributed by atoms with Gasteiger partial charge in [-0.1, -0.05) is 47.7 Å². The molecule has 19 nitrogen and oxygen atoms in total. The van der Waals surface area contributed by atoms with Gasteiger partial charge in [0.05, 0.1) is 44.1 Å². The molecule has 2 aliphatic rings. The molecule has 0 radical (unpaired) electrons. The lowest BCUT2D eigenvalue weighted by atomic mass is 9.95. The van der Waals surface area contributed by atoms with E-state index in [9.17, 15) is 44.1 Å². The third kappa shape index (κ3) is 12.6. The van der Waals surface area contributed by atoms with E-state index in [4.69, 9.17) is 0 Å². The first kappa shape index (κ1) is 43.4. The number of carboxylic acid groups (broad SMARTS) is 3. The molecule has 3 aromatic rings. The summed E-state index contributed by atoms with van der Waals surface area (Å²) in [6.07, 6.45) is 0.644. The summed E-state index contributed by atoms with van der Waals surface area (Å²) in [6, 6.07) is 15.3. The summed E-state index contributed by atoms with van der Waals surface area (Å²) in [4.78, 5) is 81.7. The minimum absolute atomic E-state index is 0.00980. The Morgan fingerprint density at radius 2 is 1.17 bits per heavy atom. The lowest BCUT2D eigenvalue weighted by molar-refractivity contribution is -0.140. The summed E-state index contributed by atoms with van der Waals surface area (Å²) in [6.45, 7) is 4.39. The van der Waals surface area contributed by atoms with Crippen molar-refractivity contribution in [3.63, 3.8) is 0 Å². The maximum absolute atomic E-state index is 13.6. The van der Waals surface area contributed by atoms with E-state index < -0.39 is 17.9 Å². The second kappa shape index (κ2) is 21.1. The summed E-state index contributed by atoms with van der Waals surface area (Å²) in [7, 11) is 0. The number of para-hydroxylation sites is 1. The molecule has 19 heteroatoms. The fourth-order valence-electron chi connectivity index (χ4n) is 7.18. The highest BCUT2D eigenvalue weighted by atomic mass is 16.4. The molecule has 58 heavy (non-hydrogen) atoms. The van der Waals surface area contributed by atoms with Gasteiger partial charge in [0.2, 0.25) is 17.7 Å². The Labute approximate surface area is 336 Å². The van der Waals surface area contributed by atoms with Crippen molar-refractivity contribution in [1.29, 1.82) is 0 Å². The number of aryl methyl sites for hydroxylation is 1. The Hall–Kier alpha value is -5.76. The number of fused-ring (bicyclic) bond motifs is 5. The van der Waals surface area contributed by atoms with Gasteiger partial charge in [0.25, 0.3) is 0 Å². The molecule has 3 amide bonds. The summed E-state index contributed by atoms with van der Waals surface area (Å²) in [5.74, 6) is -3.66. The van der Waals surface area contributed by atoms with Crippen molar-refractivity contribution in [1.82, 2.24) is 45.2 Å². The van der Waals surface area contributed by atoms with Crippen molar-refractivity contribution in [2.24, 2.45) is 0 Å². The van der Waals surface area contributed by atoms with Crippen molar-refractivity contribution < 1.29 is 44.1 Å². The zero-order valence-electron chi connectivity index (χ0n) is 32.7. The molecule has 0 saturated carbocycles. The minimum Gasteiger partial charge on any atom is -0.480 e. The third-order valence-electron chi connectivity index (χ3n) is 10.0. The Morgan fingerprint density at radius 3 is 1.72 bits per heavy atom. The molecule has 3 heterocycles. The van der Waals surface area contributed by atoms with Crippen LogP contribution in [-0.2, 0) is 41.9 Å². The monoisotopic (exact) mass is 804 g/mol. The average molecular weight is 805 g/mol. The highest BCUT2D eigenvalue weighted by Gasteiger charge is 2.29. The van der Waals surface area contributed by atoms with E-state index in [0.717, 1.165) is 22.4 Å². The van der Waals surface area contributed by atoms with Gasteiger partial charge in [-0.15, -0.1) is 5.10 Å². The number of anilines is 1. The molecule has 0 bridgehead atoms. The molecular formula is C39H52N10O9. The van der Waals surface area contributed by atoms with Crippen LogP contribution in [-0.4, -0.2) is 177 Å². The van der Waals surface area contributed by atoms with Crippen LogP contribution in [0.1, 0.15) is 25.3 Å². The lowest BCUT2D eigenvalue weighted by Crippen LogP contribution is -2.49. The number of carbonyl (C=O) groups excluding carboxylic acids is 3. The fraction of sp³-hybridized carbons (Fsp3) is 0.487. The Kier molecular flexibility index (Phi) is 15.8. The molecule has 0 atom stereocenters. The van der Waals surface area contributed by atoms with Crippen LogP contribution >= 0.6 is 0 Å². The first-order valence-corrected chi connectivity index (χ1v) is 19.4. The second-order valence-electron chi connectivity index (χ2n) is 14.4. The lowest BCUT2D eigenvalue weighted by Gasteiger charge is -2.32. The highest BCUT2D eigenvalue weighted by molar-refractivity contribution is 6.00. The number of rotatable bonds is 15. The Balaban J connectivity index is 1.25. The number of amides is 3. The number of nitrogens with one attached hydrogen (secondary N) is 2. The molecule has 312 valence electrons. The number of nitrogens with zero attached hydrogens (tertiary/aromatic N) is 8. The normalized spacial score (nSPS) is 16.0. The van der Waals surface area contributed by atoms with E-state index in [1.54, 1.807) is 19.6 Å². The Bertz CT molecular complexity index is 1910. The van der Waals surface area contributed by atoms with E-state index in [1.165, 1.54) is 6.92 Å².